The fourth-order valence-electron chi connectivity index (χ4n) is 3.98. The number of aromatic nitrogens is 6. The summed E-state index contributed by atoms with van der Waals surface area (Å²) in [6, 6.07) is 10.7. The number of hydrogen-bond acceptors (Lipinski definition) is 7. The van der Waals surface area contributed by atoms with E-state index in [-0.39, 0.29) is 41.0 Å². The van der Waals surface area contributed by atoms with Gasteiger partial charge in [-0.25, -0.2) is 14.4 Å². The Morgan fingerprint density at radius 1 is 1.18 bits per heavy atom. The minimum atomic E-state index is -0.595. The molecule has 0 aliphatic heterocycles. The van der Waals surface area contributed by atoms with Crippen LogP contribution in [0.3, 0.4) is 0 Å². The molecule has 5 aromatic rings. The summed E-state index contributed by atoms with van der Waals surface area (Å²) < 4.78 is 23.0. The number of Topliss-reactive ketones (excluding diaryl/α,β-unsaturated/α-hetero) is 1. The first kappa shape index (κ1) is 25.7. The van der Waals surface area contributed by atoms with E-state index in [1.807, 2.05) is 26.8 Å². The number of rotatable bonds is 7. The monoisotopic (exact) mass is 527 g/mol. The minimum absolute atomic E-state index is 0.0138. The molecule has 5 rings (SSSR count). The Labute approximate surface area is 222 Å². The Kier molecular flexibility index (Phi) is 6.65. The second kappa shape index (κ2) is 10.1. The number of carbonyl (C=O) groups is 1. The van der Waals surface area contributed by atoms with Crippen LogP contribution in [0.15, 0.2) is 65.8 Å². The van der Waals surface area contributed by atoms with Crippen molar-refractivity contribution >= 4 is 16.9 Å². The van der Waals surface area contributed by atoms with Gasteiger partial charge in [0, 0.05) is 42.3 Å². The Balaban J connectivity index is 1.34. The topological polar surface area (TPSA) is 130 Å². The van der Waals surface area contributed by atoms with Crippen LogP contribution in [0.4, 0.5) is 4.39 Å². The molecular weight excluding hydrogens is 503 g/mol. The summed E-state index contributed by atoms with van der Waals surface area (Å²) in [7, 11) is 0. The lowest BCUT2D eigenvalue weighted by atomic mass is 9.92. The van der Waals surface area contributed by atoms with Gasteiger partial charge in [-0.05, 0) is 23.4 Å². The Morgan fingerprint density at radius 3 is 2.72 bits per heavy atom. The molecular formula is C28H24FN6O4-. The molecule has 4 heterocycles. The average molecular weight is 528 g/mol. The molecule has 0 bridgehead atoms. The third-order valence-electron chi connectivity index (χ3n) is 5.97. The van der Waals surface area contributed by atoms with Crippen molar-refractivity contribution < 1.29 is 18.7 Å². The molecule has 4 aromatic heterocycles. The van der Waals surface area contributed by atoms with E-state index >= 15 is 0 Å². The Morgan fingerprint density at radius 2 is 2.00 bits per heavy atom. The summed E-state index contributed by atoms with van der Waals surface area (Å²) in [6.07, 6.45) is 6.28. The van der Waals surface area contributed by atoms with Gasteiger partial charge in [0.25, 0.3) is 5.56 Å². The number of hydrogen-bond donors (Lipinski definition) is 1. The normalized spacial score (nSPS) is 11.6. The average Bonchev–Trinajstić information content (AvgIpc) is 3.30. The SMILES string of the molecule is CC(C)(C)c1cc(CC(=O)Cc2ccc(Oc3ccnc4[nH]c(=O)cnc34)cc2F)n(-c2c[c-][n+]([O-])cc2)n1. The highest BCUT2D eigenvalue weighted by Crippen LogP contribution is 2.28. The number of carbonyl (C=O) groups excluding carboxylic acids is 1. The molecule has 0 unspecified atom stereocenters. The van der Waals surface area contributed by atoms with Gasteiger partial charge in [0.2, 0.25) is 0 Å². The Hall–Kier alpha value is -4.93. The summed E-state index contributed by atoms with van der Waals surface area (Å²) >= 11 is 0. The van der Waals surface area contributed by atoms with Crippen molar-refractivity contribution in [3.05, 3.63) is 106 Å². The first-order chi connectivity index (χ1) is 18.6. The number of H-pyrrole nitrogens is 1. The van der Waals surface area contributed by atoms with Gasteiger partial charge in [0.1, 0.15) is 29.1 Å². The van der Waals surface area contributed by atoms with Crippen molar-refractivity contribution in [1.82, 2.24) is 24.7 Å². The minimum Gasteiger partial charge on any atom is -0.641 e. The maximum atomic E-state index is 15.0. The number of nitrogens with zero attached hydrogens (tertiary/aromatic N) is 5. The van der Waals surface area contributed by atoms with Crippen molar-refractivity contribution in [2.45, 2.75) is 39.0 Å². The predicted octanol–water partition coefficient (Wildman–Crippen LogP) is 3.52. The molecule has 0 spiro atoms. The first-order valence-electron chi connectivity index (χ1n) is 12.1. The summed E-state index contributed by atoms with van der Waals surface area (Å²) in [5.74, 6) is -0.311. The van der Waals surface area contributed by atoms with Crippen LogP contribution in [0.2, 0.25) is 0 Å². The standard InChI is InChI=1S/C28H24FN6O4/c1-28(2,3)24-14-19(35(33-24)18-7-10-34(38)11-8-18)13-20(36)12-17-4-5-21(15-22(17)29)39-23-6-9-30-27-26(23)31-16-25(37)32-27/h4-10,14-16H,12-13H2,1-3H3,(H,30,32,37)/q-1. The first-order valence-corrected chi connectivity index (χ1v) is 12.1. The zero-order valence-electron chi connectivity index (χ0n) is 21.4. The van der Waals surface area contributed by atoms with E-state index in [4.69, 9.17) is 4.74 Å². The molecule has 198 valence electrons. The zero-order valence-corrected chi connectivity index (χ0v) is 21.4. The number of fused-ring (bicyclic) bond motifs is 1. The predicted molar refractivity (Wildman–Crippen MR) is 139 cm³/mol. The van der Waals surface area contributed by atoms with E-state index in [1.54, 1.807) is 22.9 Å². The largest absolute Gasteiger partial charge is 0.641 e. The third kappa shape index (κ3) is 5.66. The molecule has 0 aliphatic rings. The lowest BCUT2D eigenvalue weighted by molar-refractivity contribution is -0.609. The van der Waals surface area contributed by atoms with Crippen LogP contribution in [0.25, 0.3) is 16.9 Å². The summed E-state index contributed by atoms with van der Waals surface area (Å²) in [4.78, 5) is 35.2. The van der Waals surface area contributed by atoms with E-state index in [0.717, 1.165) is 11.9 Å². The van der Waals surface area contributed by atoms with E-state index in [9.17, 15) is 19.2 Å². The van der Waals surface area contributed by atoms with E-state index in [2.05, 4.69) is 26.2 Å². The fraction of sp³-hybridized carbons (Fsp3) is 0.214. The van der Waals surface area contributed by atoms with E-state index in [1.165, 1.54) is 30.6 Å². The van der Waals surface area contributed by atoms with Gasteiger partial charge in [-0.2, -0.15) is 5.10 Å². The summed E-state index contributed by atoms with van der Waals surface area (Å²) in [5, 5.41) is 16.1. The van der Waals surface area contributed by atoms with E-state index in [0.29, 0.717) is 27.4 Å². The molecule has 0 saturated carbocycles. The second-order valence-corrected chi connectivity index (χ2v) is 10.0. The summed E-state index contributed by atoms with van der Waals surface area (Å²) in [5.41, 5.74) is 2.11. The van der Waals surface area contributed by atoms with Gasteiger partial charge < -0.3 is 14.9 Å². The molecule has 1 aromatic carbocycles. The molecule has 0 saturated heterocycles. The van der Waals surface area contributed by atoms with Crippen molar-refractivity contribution in [3.63, 3.8) is 0 Å². The van der Waals surface area contributed by atoms with Gasteiger partial charge in [-0.15, -0.1) is 0 Å². The van der Waals surface area contributed by atoms with Gasteiger partial charge in [0.05, 0.1) is 18.1 Å². The van der Waals surface area contributed by atoms with Crippen molar-refractivity contribution in [2.24, 2.45) is 0 Å². The van der Waals surface area contributed by atoms with Crippen LogP contribution in [-0.2, 0) is 23.1 Å². The van der Waals surface area contributed by atoms with Gasteiger partial charge in [-0.3, -0.25) is 19.0 Å². The highest BCUT2D eigenvalue weighted by molar-refractivity contribution is 5.83. The molecule has 0 amide bonds. The fourth-order valence-corrected chi connectivity index (χ4v) is 3.98. The van der Waals surface area contributed by atoms with Crippen LogP contribution in [0, 0.1) is 17.2 Å². The van der Waals surface area contributed by atoms with Gasteiger partial charge in [0.15, 0.2) is 11.4 Å². The molecule has 11 heteroatoms. The van der Waals surface area contributed by atoms with Gasteiger partial charge >= 0.3 is 0 Å². The van der Waals surface area contributed by atoms with Crippen LogP contribution >= 0.6 is 0 Å². The van der Waals surface area contributed by atoms with Crippen molar-refractivity contribution in [3.8, 4) is 17.2 Å². The smallest absolute Gasteiger partial charge is 0.268 e. The number of pyridine rings is 2. The summed E-state index contributed by atoms with van der Waals surface area (Å²) in [6.45, 7) is 6.03. The molecule has 0 fully saturated rings. The third-order valence-corrected chi connectivity index (χ3v) is 5.97. The highest BCUT2D eigenvalue weighted by Gasteiger charge is 2.21. The van der Waals surface area contributed by atoms with Crippen molar-refractivity contribution in [1.29, 1.82) is 0 Å². The van der Waals surface area contributed by atoms with Crippen molar-refractivity contribution in [2.75, 3.05) is 0 Å². The Bertz CT molecular complexity index is 1740. The van der Waals surface area contributed by atoms with Gasteiger partial charge in [-0.1, -0.05) is 39.0 Å². The molecule has 10 nitrogen and oxygen atoms in total. The van der Waals surface area contributed by atoms with Crippen LogP contribution < -0.4 is 15.0 Å². The number of halogens is 1. The number of nitrogens with one attached hydrogen (secondary N) is 1. The second-order valence-electron chi connectivity index (χ2n) is 10.0. The highest BCUT2D eigenvalue weighted by atomic mass is 19.1. The zero-order chi connectivity index (χ0) is 27.7. The molecule has 0 atom stereocenters. The quantitative estimate of drug-likeness (QED) is 0.195. The number of aromatic amines is 1. The van der Waals surface area contributed by atoms with E-state index < -0.39 is 11.4 Å². The molecule has 39 heavy (non-hydrogen) atoms. The lowest BCUT2D eigenvalue weighted by Gasteiger charge is -2.15. The lowest BCUT2D eigenvalue weighted by Crippen LogP contribution is -2.25. The number of ether oxygens (including phenoxy) is 1. The maximum absolute atomic E-state index is 15.0. The number of benzene rings is 1. The molecule has 0 aliphatic carbocycles. The maximum Gasteiger partial charge on any atom is 0.268 e. The van der Waals surface area contributed by atoms with Crippen LogP contribution in [0.1, 0.15) is 37.7 Å². The van der Waals surface area contributed by atoms with Crippen LogP contribution in [-0.4, -0.2) is 30.5 Å². The number of ketones is 1. The molecule has 1 N–H and O–H groups in total. The molecule has 0 radical (unpaired) electrons. The van der Waals surface area contributed by atoms with Crippen LogP contribution in [0.5, 0.6) is 11.5 Å².